The van der Waals surface area contributed by atoms with Crippen LogP contribution < -0.4 is 0 Å². The SMILES string of the molecule is Clc1ccc(C(Br)C2CCCCCC2)c(Cl)c1. The average Bonchev–Trinajstić information content (AvgIpc) is 2.56. The first-order valence-electron chi connectivity index (χ1n) is 6.27. The van der Waals surface area contributed by atoms with Gasteiger partial charge in [-0.15, -0.1) is 0 Å². The summed E-state index contributed by atoms with van der Waals surface area (Å²) in [6.45, 7) is 0. The summed E-state index contributed by atoms with van der Waals surface area (Å²) in [5.74, 6) is 0.705. The third-order valence-electron chi connectivity index (χ3n) is 3.57. The van der Waals surface area contributed by atoms with Gasteiger partial charge in [0, 0.05) is 14.9 Å². The van der Waals surface area contributed by atoms with Crippen molar-refractivity contribution in [2.45, 2.75) is 43.4 Å². The molecule has 2 rings (SSSR count). The van der Waals surface area contributed by atoms with E-state index in [1.807, 2.05) is 12.1 Å². The molecule has 0 heterocycles. The van der Waals surface area contributed by atoms with Crippen LogP contribution in [-0.4, -0.2) is 0 Å². The van der Waals surface area contributed by atoms with E-state index >= 15 is 0 Å². The second-order valence-electron chi connectivity index (χ2n) is 4.82. The van der Waals surface area contributed by atoms with Gasteiger partial charge in [0.2, 0.25) is 0 Å². The minimum absolute atomic E-state index is 0.366. The lowest BCUT2D eigenvalue weighted by molar-refractivity contribution is 0.455. The molecule has 0 aromatic heterocycles. The second kappa shape index (κ2) is 6.45. The van der Waals surface area contributed by atoms with Crippen molar-refractivity contribution in [3.8, 4) is 0 Å². The number of benzene rings is 1. The molecule has 1 aromatic carbocycles. The Morgan fingerprint density at radius 1 is 1.06 bits per heavy atom. The van der Waals surface area contributed by atoms with Gasteiger partial charge in [-0.2, -0.15) is 0 Å². The minimum atomic E-state index is 0.366. The first-order valence-corrected chi connectivity index (χ1v) is 7.94. The lowest BCUT2D eigenvalue weighted by Crippen LogP contribution is -2.07. The van der Waals surface area contributed by atoms with E-state index in [1.165, 1.54) is 44.1 Å². The molecule has 94 valence electrons. The van der Waals surface area contributed by atoms with Crippen LogP contribution in [0, 0.1) is 5.92 Å². The number of rotatable bonds is 2. The molecule has 1 atom stereocenters. The monoisotopic (exact) mass is 334 g/mol. The Bertz CT molecular complexity index is 370. The second-order valence-corrected chi connectivity index (χ2v) is 6.65. The summed E-state index contributed by atoms with van der Waals surface area (Å²) in [6, 6.07) is 5.81. The van der Waals surface area contributed by atoms with Crippen LogP contribution in [0.1, 0.15) is 48.9 Å². The summed E-state index contributed by atoms with van der Waals surface area (Å²) < 4.78 is 0. The zero-order valence-corrected chi connectivity index (χ0v) is 12.9. The van der Waals surface area contributed by atoms with E-state index in [-0.39, 0.29) is 0 Å². The van der Waals surface area contributed by atoms with E-state index in [0.29, 0.717) is 15.8 Å². The van der Waals surface area contributed by atoms with Gasteiger partial charge in [0.05, 0.1) is 0 Å². The molecule has 1 aromatic rings. The normalized spacial score (nSPS) is 19.9. The summed E-state index contributed by atoms with van der Waals surface area (Å²) in [5, 5.41) is 1.49. The predicted octanol–water partition coefficient (Wildman–Crippen LogP) is 6.40. The maximum absolute atomic E-state index is 6.27. The van der Waals surface area contributed by atoms with Crippen LogP contribution >= 0.6 is 39.1 Å². The Kier molecular flexibility index (Phi) is 5.20. The van der Waals surface area contributed by atoms with Crippen LogP contribution in [-0.2, 0) is 0 Å². The van der Waals surface area contributed by atoms with Crippen molar-refractivity contribution in [1.29, 1.82) is 0 Å². The fraction of sp³-hybridized carbons (Fsp3) is 0.571. The van der Waals surface area contributed by atoms with Crippen molar-refractivity contribution in [2.24, 2.45) is 5.92 Å². The van der Waals surface area contributed by atoms with E-state index in [4.69, 9.17) is 23.2 Å². The lowest BCUT2D eigenvalue weighted by Gasteiger charge is -2.22. The molecule has 1 fully saturated rings. The molecule has 0 nitrogen and oxygen atoms in total. The van der Waals surface area contributed by atoms with Crippen LogP contribution in [0.15, 0.2) is 18.2 Å². The van der Waals surface area contributed by atoms with Gasteiger partial charge in [0.15, 0.2) is 0 Å². The fourth-order valence-electron chi connectivity index (χ4n) is 2.58. The van der Waals surface area contributed by atoms with Gasteiger partial charge < -0.3 is 0 Å². The molecule has 1 unspecified atom stereocenters. The van der Waals surface area contributed by atoms with Crippen LogP contribution in [0.2, 0.25) is 10.0 Å². The van der Waals surface area contributed by atoms with Crippen LogP contribution in [0.5, 0.6) is 0 Å². The van der Waals surface area contributed by atoms with Crippen molar-refractivity contribution < 1.29 is 0 Å². The van der Waals surface area contributed by atoms with E-state index in [1.54, 1.807) is 0 Å². The molecule has 17 heavy (non-hydrogen) atoms. The van der Waals surface area contributed by atoms with Crippen molar-refractivity contribution in [3.63, 3.8) is 0 Å². The molecule has 1 aliphatic rings. The minimum Gasteiger partial charge on any atom is -0.0843 e. The number of hydrogen-bond donors (Lipinski definition) is 0. The summed E-state index contributed by atoms with van der Waals surface area (Å²) >= 11 is 16.0. The Morgan fingerprint density at radius 2 is 1.71 bits per heavy atom. The van der Waals surface area contributed by atoms with E-state index in [2.05, 4.69) is 22.0 Å². The summed E-state index contributed by atoms with van der Waals surface area (Å²) in [7, 11) is 0. The number of alkyl halides is 1. The largest absolute Gasteiger partial charge is 0.0843 e. The standard InChI is InChI=1S/C14H17BrCl2/c15-14(10-5-3-1-2-4-6-10)12-8-7-11(16)9-13(12)17/h7-10,14H,1-6H2. The van der Waals surface area contributed by atoms with Crippen molar-refractivity contribution in [2.75, 3.05) is 0 Å². The van der Waals surface area contributed by atoms with Gasteiger partial charge in [-0.3, -0.25) is 0 Å². The van der Waals surface area contributed by atoms with Gasteiger partial charge in [0.25, 0.3) is 0 Å². The number of halogens is 3. The van der Waals surface area contributed by atoms with E-state index in [0.717, 1.165) is 5.02 Å². The molecule has 3 heteroatoms. The highest BCUT2D eigenvalue weighted by molar-refractivity contribution is 9.09. The first kappa shape index (κ1) is 13.7. The molecule has 0 N–H and O–H groups in total. The smallest absolute Gasteiger partial charge is 0.0464 e. The van der Waals surface area contributed by atoms with Crippen molar-refractivity contribution in [3.05, 3.63) is 33.8 Å². The third-order valence-corrected chi connectivity index (χ3v) is 5.38. The first-order chi connectivity index (χ1) is 8.18. The van der Waals surface area contributed by atoms with Crippen LogP contribution in [0.3, 0.4) is 0 Å². The maximum Gasteiger partial charge on any atom is 0.0464 e. The molecule has 0 saturated heterocycles. The fourth-order valence-corrected chi connectivity index (χ4v) is 4.17. The Morgan fingerprint density at radius 3 is 2.29 bits per heavy atom. The van der Waals surface area contributed by atoms with E-state index < -0.39 is 0 Å². The highest BCUT2D eigenvalue weighted by atomic mass is 79.9. The molecule has 0 radical (unpaired) electrons. The van der Waals surface area contributed by atoms with Gasteiger partial charge in [-0.05, 0) is 36.5 Å². The molecular formula is C14H17BrCl2. The zero-order chi connectivity index (χ0) is 12.3. The van der Waals surface area contributed by atoms with Crippen molar-refractivity contribution in [1.82, 2.24) is 0 Å². The Hall–Kier alpha value is 0.280. The highest BCUT2D eigenvalue weighted by Crippen LogP contribution is 2.42. The topological polar surface area (TPSA) is 0 Å². The van der Waals surface area contributed by atoms with Gasteiger partial charge >= 0.3 is 0 Å². The Labute approximate surface area is 122 Å². The van der Waals surface area contributed by atoms with Gasteiger partial charge in [0.1, 0.15) is 0 Å². The molecule has 1 saturated carbocycles. The number of hydrogen-bond acceptors (Lipinski definition) is 0. The molecule has 0 bridgehead atoms. The summed E-state index contributed by atoms with van der Waals surface area (Å²) in [4.78, 5) is 0.366. The quantitative estimate of drug-likeness (QED) is 0.433. The van der Waals surface area contributed by atoms with Gasteiger partial charge in [-0.25, -0.2) is 0 Å². The predicted molar refractivity (Wildman–Crippen MR) is 79.3 cm³/mol. The molecule has 0 aliphatic heterocycles. The van der Waals surface area contributed by atoms with E-state index in [9.17, 15) is 0 Å². The van der Waals surface area contributed by atoms with Crippen molar-refractivity contribution >= 4 is 39.1 Å². The summed E-state index contributed by atoms with van der Waals surface area (Å²) in [6.07, 6.45) is 8.05. The van der Waals surface area contributed by atoms with Gasteiger partial charge in [-0.1, -0.05) is 70.9 Å². The maximum atomic E-state index is 6.27. The molecule has 1 aliphatic carbocycles. The Balaban J connectivity index is 2.14. The van der Waals surface area contributed by atoms with Crippen LogP contribution in [0.4, 0.5) is 0 Å². The lowest BCUT2D eigenvalue weighted by atomic mass is 9.92. The van der Waals surface area contributed by atoms with Crippen LogP contribution in [0.25, 0.3) is 0 Å². The molecule has 0 spiro atoms. The molecule has 0 amide bonds. The average molecular weight is 336 g/mol. The summed E-state index contributed by atoms with van der Waals surface area (Å²) in [5.41, 5.74) is 1.18. The molecular weight excluding hydrogens is 319 g/mol. The zero-order valence-electron chi connectivity index (χ0n) is 9.76. The highest BCUT2D eigenvalue weighted by Gasteiger charge is 2.23. The third kappa shape index (κ3) is 3.62.